The highest BCUT2D eigenvalue weighted by Crippen LogP contribution is 2.32. The van der Waals surface area contributed by atoms with Gasteiger partial charge in [-0.25, -0.2) is 8.78 Å². The van der Waals surface area contributed by atoms with E-state index in [1.165, 1.54) is 0 Å². The zero-order chi connectivity index (χ0) is 13.3. The number of nitriles is 1. The Balaban J connectivity index is 2.28. The van der Waals surface area contributed by atoms with E-state index in [1.807, 2.05) is 0 Å². The molecule has 0 N–H and O–H groups in total. The van der Waals surface area contributed by atoms with Crippen molar-refractivity contribution in [1.82, 2.24) is 0 Å². The van der Waals surface area contributed by atoms with Gasteiger partial charge < -0.3 is 4.90 Å². The molecule has 1 unspecified atom stereocenters. The van der Waals surface area contributed by atoms with Crippen molar-refractivity contribution in [3.05, 3.63) is 29.3 Å². The third kappa shape index (κ3) is 2.31. The quantitative estimate of drug-likeness (QED) is 0.805. The van der Waals surface area contributed by atoms with Gasteiger partial charge in [-0.3, -0.25) is 0 Å². The van der Waals surface area contributed by atoms with Gasteiger partial charge in [0, 0.05) is 13.1 Å². The van der Waals surface area contributed by atoms with Crippen LogP contribution < -0.4 is 4.90 Å². The maximum Gasteiger partial charge on any atom is 0.150 e. The van der Waals surface area contributed by atoms with E-state index in [9.17, 15) is 8.78 Å². The summed E-state index contributed by atoms with van der Waals surface area (Å²) in [6.07, 6.45) is 0.955. The van der Waals surface area contributed by atoms with Crippen LogP contribution in [0.15, 0.2) is 12.1 Å². The lowest BCUT2D eigenvalue weighted by molar-refractivity contribution is 0.422. The van der Waals surface area contributed by atoms with Crippen molar-refractivity contribution in [2.75, 3.05) is 18.0 Å². The highest BCUT2D eigenvalue weighted by Gasteiger charge is 2.28. The number of hydrogen-bond acceptors (Lipinski definition) is 2. The molecule has 18 heavy (non-hydrogen) atoms. The molecule has 0 saturated carbocycles. The maximum atomic E-state index is 13.8. The zero-order valence-corrected chi connectivity index (χ0v) is 10.6. The molecule has 2 nitrogen and oxygen atoms in total. The van der Waals surface area contributed by atoms with E-state index < -0.39 is 11.6 Å². The van der Waals surface area contributed by atoms with Gasteiger partial charge in [0.25, 0.3) is 0 Å². The minimum atomic E-state index is -0.643. The fourth-order valence-electron chi connectivity index (χ4n) is 2.47. The SMILES string of the molecule is CC(C)C1CCN(c2c(F)cc(C#N)cc2F)C1. The molecule has 0 aliphatic carbocycles. The molecule has 0 spiro atoms. The van der Waals surface area contributed by atoms with Crippen LogP contribution >= 0.6 is 0 Å². The number of anilines is 1. The van der Waals surface area contributed by atoms with Gasteiger partial charge in [0.1, 0.15) is 5.69 Å². The number of halogens is 2. The summed E-state index contributed by atoms with van der Waals surface area (Å²) < 4.78 is 27.7. The van der Waals surface area contributed by atoms with Crippen LogP contribution in [0.5, 0.6) is 0 Å². The van der Waals surface area contributed by atoms with Gasteiger partial charge in [0.05, 0.1) is 11.6 Å². The molecule has 0 amide bonds. The smallest absolute Gasteiger partial charge is 0.150 e. The molecule has 1 aromatic carbocycles. The number of nitrogens with zero attached hydrogens (tertiary/aromatic N) is 2. The van der Waals surface area contributed by atoms with Crippen molar-refractivity contribution in [2.24, 2.45) is 11.8 Å². The minimum Gasteiger partial charge on any atom is -0.366 e. The number of benzene rings is 1. The van der Waals surface area contributed by atoms with E-state index in [-0.39, 0.29) is 11.3 Å². The van der Waals surface area contributed by atoms with Crippen LogP contribution in [0.4, 0.5) is 14.5 Å². The van der Waals surface area contributed by atoms with Crippen LogP contribution in [0.1, 0.15) is 25.8 Å². The van der Waals surface area contributed by atoms with Crippen LogP contribution in [0, 0.1) is 34.8 Å². The highest BCUT2D eigenvalue weighted by atomic mass is 19.1. The molecule has 1 aliphatic rings. The summed E-state index contributed by atoms with van der Waals surface area (Å²) in [4.78, 5) is 1.75. The standard InChI is InChI=1S/C14H16F2N2/c1-9(2)11-3-4-18(8-11)14-12(15)5-10(7-17)6-13(14)16/h5-6,9,11H,3-4,8H2,1-2H3. The fraction of sp³-hybridized carbons (Fsp3) is 0.500. The van der Waals surface area contributed by atoms with Crippen LogP contribution in [0.2, 0.25) is 0 Å². The molecule has 2 rings (SSSR count). The van der Waals surface area contributed by atoms with Gasteiger partial charge >= 0.3 is 0 Å². The third-order valence-corrected chi connectivity index (χ3v) is 3.63. The first kappa shape index (κ1) is 12.8. The molecular weight excluding hydrogens is 234 g/mol. The Morgan fingerprint density at radius 3 is 2.39 bits per heavy atom. The van der Waals surface area contributed by atoms with Crippen LogP contribution in [-0.4, -0.2) is 13.1 Å². The van der Waals surface area contributed by atoms with Crippen LogP contribution in [0.25, 0.3) is 0 Å². The largest absolute Gasteiger partial charge is 0.366 e. The summed E-state index contributed by atoms with van der Waals surface area (Å²) in [6.45, 7) is 5.60. The molecule has 0 bridgehead atoms. The Kier molecular flexibility index (Phi) is 3.51. The molecule has 1 atom stereocenters. The highest BCUT2D eigenvalue weighted by molar-refractivity contribution is 5.53. The summed E-state index contributed by atoms with van der Waals surface area (Å²) in [6, 6.07) is 3.95. The van der Waals surface area contributed by atoms with E-state index in [2.05, 4.69) is 13.8 Å². The maximum absolute atomic E-state index is 13.8. The zero-order valence-electron chi connectivity index (χ0n) is 10.6. The first-order valence-electron chi connectivity index (χ1n) is 6.17. The Morgan fingerprint density at radius 1 is 1.33 bits per heavy atom. The van der Waals surface area contributed by atoms with E-state index in [0.29, 0.717) is 24.9 Å². The van der Waals surface area contributed by atoms with Gasteiger partial charge in [0.2, 0.25) is 0 Å². The number of rotatable bonds is 2. The van der Waals surface area contributed by atoms with Crippen molar-refractivity contribution in [2.45, 2.75) is 20.3 Å². The second kappa shape index (κ2) is 4.93. The van der Waals surface area contributed by atoms with Gasteiger partial charge in [0.15, 0.2) is 11.6 Å². The number of hydrogen-bond donors (Lipinski definition) is 0. The van der Waals surface area contributed by atoms with Crippen molar-refractivity contribution < 1.29 is 8.78 Å². The molecule has 1 aromatic rings. The predicted octanol–water partition coefficient (Wildman–Crippen LogP) is 3.32. The molecule has 1 saturated heterocycles. The molecular formula is C14H16F2N2. The average Bonchev–Trinajstić information content (AvgIpc) is 2.77. The van der Waals surface area contributed by atoms with Crippen molar-refractivity contribution in [3.8, 4) is 6.07 Å². The lowest BCUT2D eigenvalue weighted by atomic mass is 9.95. The van der Waals surface area contributed by atoms with Gasteiger partial charge in [-0.2, -0.15) is 5.26 Å². The van der Waals surface area contributed by atoms with E-state index >= 15 is 0 Å². The summed E-state index contributed by atoms with van der Waals surface area (Å²) in [7, 11) is 0. The third-order valence-electron chi connectivity index (χ3n) is 3.63. The minimum absolute atomic E-state index is 0.0113. The monoisotopic (exact) mass is 250 g/mol. The Labute approximate surface area is 106 Å². The molecule has 0 aromatic heterocycles. The topological polar surface area (TPSA) is 27.0 Å². The molecule has 4 heteroatoms. The van der Waals surface area contributed by atoms with Crippen molar-refractivity contribution in [3.63, 3.8) is 0 Å². The molecule has 1 fully saturated rings. The summed E-state index contributed by atoms with van der Waals surface area (Å²) in [5, 5.41) is 8.66. The summed E-state index contributed by atoms with van der Waals surface area (Å²) in [5.74, 6) is -0.300. The first-order chi connectivity index (χ1) is 8.52. The normalized spacial score (nSPS) is 19.3. The Morgan fingerprint density at radius 2 is 1.94 bits per heavy atom. The van der Waals surface area contributed by atoms with Crippen molar-refractivity contribution in [1.29, 1.82) is 5.26 Å². The summed E-state index contributed by atoms with van der Waals surface area (Å²) in [5.41, 5.74) is 0.0329. The molecule has 0 radical (unpaired) electrons. The second-order valence-corrected chi connectivity index (χ2v) is 5.14. The Hall–Kier alpha value is -1.63. The summed E-state index contributed by atoms with van der Waals surface area (Å²) >= 11 is 0. The first-order valence-corrected chi connectivity index (χ1v) is 6.17. The van der Waals surface area contributed by atoms with E-state index in [0.717, 1.165) is 18.6 Å². The van der Waals surface area contributed by atoms with E-state index in [1.54, 1.807) is 11.0 Å². The van der Waals surface area contributed by atoms with Crippen molar-refractivity contribution >= 4 is 5.69 Å². The molecule has 1 aliphatic heterocycles. The second-order valence-electron chi connectivity index (χ2n) is 5.14. The van der Waals surface area contributed by atoms with Gasteiger partial charge in [-0.1, -0.05) is 13.8 Å². The van der Waals surface area contributed by atoms with Gasteiger partial charge in [-0.15, -0.1) is 0 Å². The lowest BCUT2D eigenvalue weighted by Gasteiger charge is -2.21. The molecule has 96 valence electrons. The predicted molar refractivity (Wildman–Crippen MR) is 66.2 cm³/mol. The fourth-order valence-corrected chi connectivity index (χ4v) is 2.47. The Bertz CT molecular complexity index is 468. The van der Waals surface area contributed by atoms with E-state index in [4.69, 9.17) is 5.26 Å². The van der Waals surface area contributed by atoms with Gasteiger partial charge in [-0.05, 0) is 30.4 Å². The lowest BCUT2D eigenvalue weighted by Crippen LogP contribution is -2.23. The molecule has 1 heterocycles. The van der Waals surface area contributed by atoms with Crippen LogP contribution in [-0.2, 0) is 0 Å². The van der Waals surface area contributed by atoms with Crippen LogP contribution in [0.3, 0.4) is 0 Å². The average molecular weight is 250 g/mol.